The predicted octanol–water partition coefficient (Wildman–Crippen LogP) is 1.68. The molecular weight excluding hydrogens is 204 g/mol. The summed E-state index contributed by atoms with van der Waals surface area (Å²) in [4.78, 5) is 13.4. The minimum absolute atomic E-state index is 0.0853. The number of carbonyl (C=O) groups is 1. The summed E-state index contributed by atoms with van der Waals surface area (Å²) < 4.78 is 5.01. The summed E-state index contributed by atoms with van der Waals surface area (Å²) in [7, 11) is 3.26. The highest BCUT2D eigenvalue weighted by atomic mass is 16.5. The van der Waals surface area contributed by atoms with Gasteiger partial charge in [-0.1, -0.05) is 0 Å². The normalized spacial score (nSPS) is 9.31. The molecule has 0 heterocycles. The van der Waals surface area contributed by atoms with E-state index in [0.29, 0.717) is 18.5 Å². The molecule has 84 valence electrons. The maximum Gasteiger partial charge on any atom is 0.253 e. The SMILES string of the molecule is COc1ccc(C(=O)N(C)CCC#N)cc1. The Hall–Kier alpha value is -2.02. The van der Waals surface area contributed by atoms with Crippen LogP contribution in [0.4, 0.5) is 0 Å². The van der Waals surface area contributed by atoms with E-state index >= 15 is 0 Å². The fourth-order valence-corrected chi connectivity index (χ4v) is 1.27. The van der Waals surface area contributed by atoms with E-state index in [-0.39, 0.29) is 5.91 Å². The summed E-state index contributed by atoms with van der Waals surface area (Å²) in [6, 6.07) is 8.92. The van der Waals surface area contributed by atoms with Crippen molar-refractivity contribution in [3.8, 4) is 11.8 Å². The Morgan fingerprint density at radius 1 is 1.44 bits per heavy atom. The molecule has 0 saturated heterocycles. The third-order valence-electron chi connectivity index (χ3n) is 2.24. The van der Waals surface area contributed by atoms with Gasteiger partial charge in [0.05, 0.1) is 19.6 Å². The molecule has 16 heavy (non-hydrogen) atoms. The molecule has 0 aromatic heterocycles. The lowest BCUT2D eigenvalue weighted by Crippen LogP contribution is -2.27. The van der Waals surface area contributed by atoms with Crippen molar-refractivity contribution in [3.63, 3.8) is 0 Å². The summed E-state index contributed by atoms with van der Waals surface area (Å²) in [6.07, 6.45) is 0.346. The van der Waals surface area contributed by atoms with Gasteiger partial charge in [-0.25, -0.2) is 0 Å². The highest BCUT2D eigenvalue weighted by Crippen LogP contribution is 2.12. The summed E-state index contributed by atoms with van der Waals surface area (Å²) >= 11 is 0. The molecule has 0 unspecified atom stereocenters. The third-order valence-corrected chi connectivity index (χ3v) is 2.24. The van der Waals surface area contributed by atoms with Gasteiger partial charge in [0.2, 0.25) is 0 Å². The maximum atomic E-state index is 11.8. The van der Waals surface area contributed by atoms with Crippen LogP contribution in [0.25, 0.3) is 0 Å². The van der Waals surface area contributed by atoms with Gasteiger partial charge >= 0.3 is 0 Å². The van der Waals surface area contributed by atoms with Gasteiger partial charge in [-0.3, -0.25) is 4.79 Å². The fraction of sp³-hybridized carbons (Fsp3) is 0.333. The lowest BCUT2D eigenvalue weighted by Gasteiger charge is -2.15. The Morgan fingerprint density at radius 3 is 2.56 bits per heavy atom. The van der Waals surface area contributed by atoms with Crippen LogP contribution in [-0.4, -0.2) is 31.5 Å². The number of nitriles is 1. The van der Waals surface area contributed by atoms with Crippen LogP contribution in [0.5, 0.6) is 5.75 Å². The van der Waals surface area contributed by atoms with Gasteiger partial charge in [0.1, 0.15) is 5.75 Å². The average molecular weight is 218 g/mol. The maximum absolute atomic E-state index is 11.8. The van der Waals surface area contributed by atoms with E-state index in [1.54, 1.807) is 38.4 Å². The molecule has 1 rings (SSSR count). The van der Waals surface area contributed by atoms with Crippen LogP contribution in [0.3, 0.4) is 0 Å². The first-order chi connectivity index (χ1) is 7.69. The number of ether oxygens (including phenoxy) is 1. The molecular formula is C12H14N2O2. The van der Waals surface area contributed by atoms with Crippen LogP contribution in [0.2, 0.25) is 0 Å². The summed E-state index contributed by atoms with van der Waals surface area (Å²) in [5.41, 5.74) is 0.598. The Bertz CT molecular complexity index is 392. The van der Waals surface area contributed by atoms with Crippen LogP contribution in [-0.2, 0) is 0 Å². The summed E-state index contributed by atoms with van der Waals surface area (Å²) in [5.74, 6) is 0.633. The van der Waals surface area contributed by atoms with E-state index in [9.17, 15) is 4.79 Å². The van der Waals surface area contributed by atoms with Crippen molar-refractivity contribution < 1.29 is 9.53 Å². The van der Waals surface area contributed by atoms with Crippen LogP contribution in [0, 0.1) is 11.3 Å². The monoisotopic (exact) mass is 218 g/mol. The number of rotatable bonds is 4. The van der Waals surface area contributed by atoms with E-state index in [1.807, 2.05) is 6.07 Å². The predicted molar refractivity (Wildman–Crippen MR) is 60.2 cm³/mol. The number of methoxy groups -OCH3 is 1. The van der Waals surface area contributed by atoms with Gasteiger partial charge in [-0.2, -0.15) is 5.26 Å². The Kier molecular flexibility index (Phi) is 4.34. The molecule has 0 fully saturated rings. The van der Waals surface area contributed by atoms with E-state index in [4.69, 9.17) is 10.00 Å². The highest BCUT2D eigenvalue weighted by Gasteiger charge is 2.10. The zero-order valence-corrected chi connectivity index (χ0v) is 9.43. The number of hydrogen-bond donors (Lipinski definition) is 0. The van der Waals surface area contributed by atoms with Crippen LogP contribution in [0.1, 0.15) is 16.8 Å². The van der Waals surface area contributed by atoms with Crippen molar-refractivity contribution in [2.75, 3.05) is 20.7 Å². The smallest absolute Gasteiger partial charge is 0.253 e. The third kappa shape index (κ3) is 2.99. The lowest BCUT2D eigenvalue weighted by atomic mass is 10.2. The van der Waals surface area contributed by atoms with Gasteiger partial charge in [-0.15, -0.1) is 0 Å². The Labute approximate surface area is 95.0 Å². The second kappa shape index (κ2) is 5.76. The van der Waals surface area contributed by atoms with Crippen molar-refractivity contribution in [1.29, 1.82) is 5.26 Å². The Morgan fingerprint density at radius 2 is 2.06 bits per heavy atom. The molecule has 1 aromatic carbocycles. The van der Waals surface area contributed by atoms with Crippen LogP contribution >= 0.6 is 0 Å². The molecule has 0 spiro atoms. The van der Waals surface area contributed by atoms with Crippen LogP contribution < -0.4 is 4.74 Å². The average Bonchev–Trinajstić information content (AvgIpc) is 2.35. The van der Waals surface area contributed by atoms with Gasteiger partial charge in [0.15, 0.2) is 0 Å². The summed E-state index contributed by atoms with van der Waals surface area (Å²) in [5, 5.41) is 8.43. The van der Waals surface area contributed by atoms with Crippen molar-refractivity contribution >= 4 is 5.91 Å². The number of hydrogen-bond acceptors (Lipinski definition) is 3. The van der Waals surface area contributed by atoms with Gasteiger partial charge in [0.25, 0.3) is 5.91 Å². The molecule has 0 saturated carbocycles. The molecule has 0 radical (unpaired) electrons. The number of amides is 1. The molecule has 0 aliphatic heterocycles. The van der Waals surface area contributed by atoms with Crippen molar-refractivity contribution in [1.82, 2.24) is 4.90 Å². The highest BCUT2D eigenvalue weighted by molar-refractivity contribution is 5.94. The van der Waals surface area contributed by atoms with Gasteiger partial charge < -0.3 is 9.64 Å². The molecule has 0 aliphatic rings. The van der Waals surface area contributed by atoms with E-state index < -0.39 is 0 Å². The minimum Gasteiger partial charge on any atom is -0.497 e. The minimum atomic E-state index is -0.0853. The molecule has 0 aliphatic carbocycles. The van der Waals surface area contributed by atoms with Gasteiger partial charge in [0, 0.05) is 19.2 Å². The second-order valence-corrected chi connectivity index (χ2v) is 3.36. The standard InChI is InChI=1S/C12H14N2O2/c1-14(9-3-8-13)12(15)10-4-6-11(16-2)7-5-10/h4-7H,3,9H2,1-2H3. The first-order valence-corrected chi connectivity index (χ1v) is 4.95. The zero-order chi connectivity index (χ0) is 12.0. The van der Waals surface area contributed by atoms with Gasteiger partial charge in [-0.05, 0) is 24.3 Å². The van der Waals surface area contributed by atoms with Crippen molar-refractivity contribution in [3.05, 3.63) is 29.8 Å². The quantitative estimate of drug-likeness (QED) is 0.772. The molecule has 1 aromatic rings. The largest absolute Gasteiger partial charge is 0.497 e. The van der Waals surface area contributed by atoms with Crippen LogP contribution in [0.15, 0.2) is 24.3 Å². The molecule has 1 amide bonds. The number of nitrogens with zero attached hydrogens (tertiary/aromatic N) is 2. The first kappa shape index (κ1) is 12.1. The molecule has 4 heteroatoms. The summed E-state index contributed by atoms with van der Waals surface area (Å²) in [6.45, 7) is 0.446. The number of benzene rings is 1. The fourth-order valence-electron chi connectivity index (χ4n) is 1.27. The molecule has 4 nitrogen and oxygen atoms in total. The van der Waals surface area contributed by atoms with Crippen molar-refractivity contribution in [2.24, 2.45) is 0 Å². The zero-order valence-electron chi connectivity index (χ0n) is 9.43. The van der Waals surface area contributed by atoms with E-state index in [0.717, 1.165) is 5.75 Å². The van der Waals surface area contributed by atoms with E-state index in [2.05, 4.69) is 0 Å². The lowest BCUT2D eigenvalue weighted by molar-refractivity contribution is 0.0798. The Balaban J connectivity index is 2.69. The van der Waals surface area contributed by atoms with E-state index in [1.165, 1.54) is 4.90 Å². The van der Waals surface area contributed by atoms with Crippen molar-refractivity contribution in [2.45, 2.75) is 6.42 Å². The molecule has 0 bridgehead atoms. The molecule has 0 atom stereocenters. The first-order valence-electron chi connectivity index (χ1n) is 4.95. The molecule has 0 N–H and O–H groups in total. The number of carbonyl (C=O) groups excluding carboxylic acids is 1. The second-order valence-electron chi connectivity index (χ2n) is 3.36. The topological polar surface area (TPSA) is 53.3 Å².